The van der Waals surface area contributed by atoms with E-state index >= 15 is 0 Å². The molecule has 3 heteroatoms. The molecule has 0 heterocycles. The summed E-state index contributed by atoms with van der Waals surface area (Å²) < 4.78 is 12.2. The highest BCUT2D eigenvalue weighted by Crippen LogP contribution is 2.32. The predicted molar refractivity (Wildman–Crippen MR) is 65.2 cm³/mol. The first-order valence-corrected chi connectivity index (χ1v) is 7.76. The zero-order valence-corrected chi connectivity index (χ0v) is 10.3. The highest BCUT2D eigenvalue weighted by Gasteiger charge is 2.32. The van der Waals surface area contributed by atoms with Crippen LogP contribution in [-0.2, 0) is 10.8 Å². The summed E-state index contributed by atoms with van der Waals surface area (Å²) in [6.07, 6.45) is 8.93. The third-order valence-corrected chi connectivity index (χ3v) is 6.20. The van der Waals surface area contributed by atoms with E-state index in [4.69, 9.17) is 5.73 Å². The molecule has 0 aromatic heterocycles. The van der Waals surface area contributed by atoms with Crippen LogP contribution in [0.15, 0.2) is 0 Å². The third-order valence-electron chi connectivity index (χ3n) is 4.10. The van der Waals surface area contributed by atoms with Gasteiger partial charge in [0.2, 0.25) is 0 Å². The Hall–Kier alpha value is 0.110. The lowest BCUT2D eigenvalue weighted by molar-refractivity contribution is 0.547. The molecule has 0 amide bonds. The van der Waals surface area contributed by atoms with Crippen LogP contribution in [0, 0.1) is 11.8 Å². The first-order valence-electron chi connectivity index (χ1n) is 6.38. The molecular weight excluding hydrogens is 206 g/mol. The van der Waals surface area contributed by atoms with Crippen LogP contribution in [0.2, 0.25) is 0 Å². The lowest BCUT2D eigenvalue weighted by Gasteiger charge is -2.19. The Balaban J connectivity index is 1.83. The topological polar surface area (TPSA) is 43.1 Å². The fourth-order valence-corrected chi connectivity index (χ4v) is 5.30. The number of hydrogen-bond donors (Lipinski definition) is 1. The monoisotopic (exact) mass is 229 g/mol. The summed E-state index contributed by atoms with van der Waals surface area (Å²) in [5, 5.41) is 0.426. The van der Waals surface area contributed by atoms with E-state index in [1.54, 1.807) is 0 Å². The van der Waals surface area contributed by atoms with Gasteiger partial charge in [0.05, 0.1) is 0 Å². The van der Waals surface area contributed by atoms with Crippen molar-refractivity contribution in [3.63, 3.8) is 0 Å². The van der Waals surface area contributed by atoms with E-state index in [0.29, 0.717) is 11.2 Å². The number of nitrogens with two attached hydrogens (primary N) is 1. The van der Waals surface area contributed by atoms with Crippen LogP contribution < -0.4 is 5.73 Å². The molecule has 2 aliphatic rings. The van der Waals surface area contributed by atoms with E-state index in [0.717, 1.165) is 24.6 Å². The first-order chi connectivity index (χ1) is 7.31. The molecule has 0 saturated heterocycles. The highest BCUT2D eigenvalue weighted by molar-refractivity contribution is 7.85. The Bertz CT molecular complexity index is 226. The number of hydrogen-bond acceptors (Lipinski definition) is 2. The summed E-state index contributed by atoms with van der Waals surface area (Å²) in [7, 11) is -0.595. The van der Waals surface area contributed by atoms with E-state index in [-0.39, 0.29) is 0 Å². The average Bonchev–Trinajstić information content (AvgIpc) is 2.86. The minimum Gasteiger partial charge on any atom is -0.330 e. The van der Waals surface area contributed by atoms with Crippen LogP contribution >= 0.6 is 0 Å². The van der Waals surface area contributed by atoms with Gasteiger partial charge in [0.1, 0.15) is 0 Å². The molecule has 0 aliphatic heterocycles. The highest BCUT2D eigenvalue weighted by atomic mass is 32.2. The lowest BCUT2D eigenvalue weighted by atomic mass is 10.1. The fraction of sp³-hybridized carbons (Fsp3) is 1.00. The van der Waals surface area contributed by atoms with E-state index < -0.39 is 10.8 Å². The lowest BCUT2D eigenvalue weighted by Crippen LogP contribution is -2.29. The van der Waals surface area contributed by atoms with Crippen molar-refractivity contribution in [2.24, 2.45) is 17.6 Å². The predicted octanol–water partition coefficient (Wildman–Crippen LogP) is 2.05. The van der Waals surface area contributed by atoms with Crippen molar-refractivity contribution in [1.82, 2.24) is 0 Å². The van der Waals surface area contributed by atoms with Crippen molar-refractivity contribution in [1.29, 1.82) is 0 Å². The van der Waals surface area contributed by atoms with E-state index in [9.17, 15) is 4.21 Å². The molecule has 2 rings (SSSR count). The smallest absolute Gasteiger partial charge is 0.0388 e. The fourth-order valence-electron chi connectivity index (χ4n) is 3.15. The SMILES string of the molecule is NCC1CCCC1S(=O)CC1CCCC1. The summed E-state index contributed by atoms with van der Waals surface area (Å²) >= 11 is 0. The van der Waals surface area contributed by atoms with Crippen LogP contribution in [0.4, 0.5) is 0 Å². The molecule has 2 saturated carbocycles. The van der Waals surface area contributed by atoms with Crippen LogP contribution in [0.3, 0.4) is 0 Å². The normalized spacial score (nSPS) is 34.7. The van der Waals surface area contributed by atoms with Gasteiger partial charge in [-0.25, -0.2) is 0 Å². The van der Waals surface area contributed by atoms with Crippen molar-refractivity contribution in [3.05, 3.63) is 0 Å². The molecule has 2 aliphatic carbocycles. The second-order valence-corrected chi connectivity index (χ2v) is 6.86. The molecule has 0 aromatic carbocycles. The quantitative estimate of drug-likeness (QED) is 0.802. The average molecular weight is 229 g/mol. The van der Waals surface area contributed by atoms with Crippen molar-refractivity contribution < 1.29 is 4.21 Å². The molecule has 0 radical (unpaired) electrons. The Labute approximate surface area is 95.5 Å². The van der Waals surface area contributed by atoms with E-state index in [1.165, 1.54) is 38.5 Å². The van der Waals surface area contributed by atoms with E-state index in [2.05, 4.69) is 0 Å². The van der Waals surface area contributed by atoms with Gasteiger partial charge in [0.15, 0.2) is 0 Å². The van der Waals surface area contributed by atoms with Crippen LogP contribution in [0.5, 0.6) is 0 Å². The van der Waals surface area contributed by atoms with Crippen molar-refractivity contribution >= 4 is 10.8 Å². The Morgan fingerprint density at radius 3 is 2.47 bits per heavy atom. The third kappa shape index (κ3) is 2.82. The standard InChI is InChI=1S/C12H23NOS/c13-8-11-6-3-7-12(11)15(14)9-10-4-1-2-5-10/h10-12H,1-9,13H2. The molecule has 3 unspecified atom stereocenters. The second kappa shape index (κ2) is 5.44. The zero-order chi connectivity index (χ0) is 10.7. The summed E-state index contributed by atoms with van der Waals surface area (Å²) in [5.41, 5.74) is 5.74. The van der Waals surface area contributed by atoms with Crippen LogP contribution in [0.1, 0.15) is 44.9 Å². The zero-order valence-electron chi connectivity index (χ0n) is 9.49. The minimum atomic E-state index is -0.595. The molecule has 15 heavy (non-hydrogen) atoms. The Morgan fingerprint density at radius 1 is 1.07 bits per heavy atom. The van der Waals surface area contributed by atoms with Gasteiger partial charge in [-0.3, -0.25) is 4.21 Å². The molecule has 3 atom stereocenters. The summed E-state index contributed by atoms with van der Waals surface area (Å²) in [4.78, 5) is 0. The van der Waals surface area contributed by atoms with Gasteiger partial charge in [-0.2, -0.15) is 0 Å². The molecule has 2 N–H and O–H groups in total. The minimum absolute atomic E-state index is 0.426. The van der Waals surface area contributed by atoms with Crippen LogP contribution in [0.25, 0.3) is 0 Å². The molecule has 88 valence electrons. The largest absolute Gasteiger partial charge is 0.330 e. The van der Waals surface area contributed by atoms with Gasteiger partial charge in [-0.05, 0) is 44.1 Å². The molecule has 2 nitrogen and oxygen atoms in total. The maximum absolute atomic E-state index is 12.2. The summed E-state index contributed by atoms with van der Waals surface area (Å²) in [6.45, 7) is 0.737. The Morgan fingerprint density at radius 2 is 1.80 bits per heavy atom. The maximum atomic E-state index is 12.2. The van der Waals surface area contributed by atoms with Gasteiger partial charge in [0.25, 0.3) is 0 Å². The molecule has 2 fully saturated rings. The maximum Gasteiger partial charge on any atom is 0.0388 e. The second-order valence-electron chi connectivity index (χ2n) is 5.16. The summed E-state index contributed by atoms with van der Waals surface area (Å²) in [5.74, 6) is 2.26. The van der Waals surface area contributed by atoms with Gasteiger partial charge < -0.3 is 5.73 Å². The van der Waals surface area contributed by atoms with Crippen molar-refractivity contribution in [3.8, 4) is 0 Å². The summed E-state index contributed by atoms with van der Waals surface area (Å²) in [6, 6.07) is 0. The molecular formula is C12H23NOS. The van der Waals surface area contributed by atoms with Gasteiger partial charge in [-0.15, -0.1) is 0 Å². The van der Waals surface area contributed by atoms with Crippen LogP contribution in [-0.4, -0.2) is 21.8 Å². The Kier molecular flexibility index (Phi) is 4.21. The van der Waals surface area contributed by atoms with Crippen molar-refractivity contribution in [2.75, 3.05) is 12.3 Å². The van der Waals surface area contributed by atoms with Gasteiger partial charge in [0, 0.05) is 21.8 Å². The molecule has 0 aromatic rings. The molecule has 0 bridgehead atoms. The molecule has 0 spiro atoms. The van der Waals surface area contributed by atoms with Gasteiger partial charge in [-0.1, -0.05) is 19.3 Å². The number of rotatable bonds is 4. The van der Waals surface area contributed by atoms with E-state index in [1.807, 2.05) is 0 Å². The van der Waals surface area contributed by atoms with Crippen molar-refractivity contribution in [2.45, 2.75) is 50.2 Å². The first kappa shape index (κ1) is 11.6. The van der Waals surface area contributed by atoms with Gasteiger partial charge >= 0.3 is 0 Å².